The van der Waals surface area contributed by atoms with E-state index in [-0.39, 0.29) is 25.2 Å². The topological polar surface area (TPSA) is 109 Å². The van der Waals surface area contributed by atoms with Gasteiger partial charge < -0.3 is 20.3 Å². The number of rotatable bonds is 7. The molecule has 0 spiro atoms. The van der Waals surface area contributed by atoms with Crippen molar-refractivity contribution in [3.63, 3.8) is 0 Å². The summed E-state index contributed by atoms with van der Waals surface area (Å²) in [6.45, 7) is 5.98. The Morgan fingerprint density at radius 1 is 1.29 bits per heavy atom. The number of methoxy groups -OCH3 is 1. The third kappa shape index (κ3) is 4.61. The van der Waals surface area contributed by atoms with E-state index in [4.69, 9.17) is 4.74 Å². The molecule has 2 aromatic heterocycles. The fourth-order valence-corrected chi connectivity index (χ4v) is 2.59. The van der Waals surface area contributed by atoms with Crippen LogP contribution in [0.25, 0.3) is 0 Å². The van der Waals surface area contributed by atoms with Crippen LogP contribution in [0.15, 0.2) is 37.2 Å². The van der Waals surface area contributed by atoms with Gasteiger partial charge in [-0.05, 0) is 19.1 Å². The maximum Gasteiger partial charge on any atom is 0.246 e. The molecule has 2 N–H and O–H groups in total. The van der Waals surface area contributed by atoms with Gasteiger partial charge in [-0.2, -0.15) is 4.98 Å². The summed E-state index contributed by atoms with van der Waals surface area (Å²) < 4.78 is 5.02. The SMILES string of the molecule is C.C=CC(=O)N1CC(Nc2nc(Nc3ccc(OC)nc3)ncc2C(C)=O)C1. The molecule has 2 aromatic rings. The van der Waals surface area contributed by atoms with Crippen molar-refractivity contribution in [3.8, 4) is 5.88 Å². The van der Waals surface area contributed by atoms with E-state index in [0.29, 0.717) is 42.0 Å². The highest BCUT2D eigenvalue weighted by Crippen LogP contribution is 2.21. The molecule has 28 heavy (non-hydrogen) atoms. The monoisotopic (exact) mass is 384 g/mol. The van der Waals surface area contributed by atoms with Crippen LogP contribution in [0.3, 0.4) is 0 Å². The molecule has 1 aliphatic rings. The maximum absolute atomic E-state index is 11.9. The molecule has 9 nitrogen and oxygen atoms in total. The lowest BCUT2D eigenvalue weighted by Crippen LogP contribution is -2.56. The van der Waals surface area contributed by atoms with Crippen LogP contribution in [0.4, 0.5) is 17.5 Å². The summed E-state index contributed by atoms with van der Waals surface area (Å²) in [5, 5.41) is 6.24. The Hall–Kier alpha value is -3.49. The number of pyridine rings is 1. The van der Waals surface area contributed by atoms with Gasteiger partial charge in [-0.1, -0.05) is 14.0 Å². The Bertz CT molecular complexity index is 862. The fraction of sp³-hybridized carbons (Fsp3) is 0.316. The van der Waals surface area contributed by atoms with Crippen molar-refractivity contribution >= 4 is 29.1 Å². The van der Waals surface area contributed by atoms with Crippen molar-refractivity contribution in [2.75, 3.05) is 30.8 Å². The number of nitrogens with one attached hydrogen (secondary N) is 2. The molecular weight excluding hydrogens is 360 g/mol. The third-order valence-corrected chi connectivity index (χ3v) is 4.08. The molecular formula is C19H24N6O3. The van der Waals surface area contributed by atoms with E-state index in [1.165, 1.54) is 19.2 Å². The summed E-state index contributed by atoms with van der Waals surface area (Å²) in [6.07, 6.45) is 4.36. The third-order valence-electron chi connectivity index (χ3n) is 4.08. The molecule has 0 aliphatic carbocycles. The molecule has 148 valence electrons. The summed E-state index contributed by atoms with van der Waals surface area (Å²) >= 11 is 0. The van der Waals surface area contributed by atoms with Crippen LogP contribution in [0, 0.1) is 0 Å². The molecule has 9 heteroatoms. The van der Waals surface area contributed by atoms with Gasteiger partial charge in [-0.25, -0.2) is 9.97 Å². The summed E-state index contributed by atoms with van der Waals surface area (Å²) in [4.78, 5) is 37.8. The normalized spacial score (nSPS) is 13.0. The highest BCUT2D eigenvalue weighted by molar-refractivity contribution is 5.98. The first-order valence-electron chi connectivity index (χ1n) is 8.33. The van der Waals surface area contributed by atoms with Gasteiger partial charge in [0.15, 0.2) is 5.78 Å². The Morgan fingerprint density at radius 2 is 2.04 bits per heavy atom. The molecule has 0 atom stereocenters. The van der Waals surface area contributed by atoms with Gasteiger partial charge in [-0.3, -0.25) is 9.59 Å². The molecule has 0 bridgehead atoms. The lowest BCUT2D eigenvalue weighted by Gasteiger charge is -2.39. The molecule has 0 aromatic carbocycles. The van der Waals surface area contributed by atoms with Crippen LogP contribution in [-0.4, -0.2) is 57.8 Å². The van der Waals surface area contributed by atoms with E-state index >= 15 is 0 Å². The number of hydrogen-bond donors (Lipinski definition) is 2. The Labute approximate surface area is 163 Å². The second-order valence-electron chi connectivity index (χ2n) is 6.01. The lowest BCUT2D eigenvalue weighted by molar-refractivity contribution is -0.129. The lowest BCUT2D eigenvalue weighted by atomic mass is 10.1. The average molecular weight is 384 g/mol. The molecule has 1 saturated heterocycles. The summed E-state index contributed by atoms with van der Waals surface area (Å²) in [7, 11) is 1.54. The van der Waals surface area contributed by atoms with Crippen molar-refractivity contribution < 1.29 is 14.3 Å². The summed E-state index contributed by atoms with van der Waals surface area (Å²) in [5.41, 5.74) is 1.07. The zero-order chi connectivity index (χ0) is 19.4. The summed E-state index contributed by atoms with van der Waals surface area (Å²) in [6, 6.07) is 3.51. The molecule has 1 amide bonds. The predicted octanol–water partition coefficient (Wildman–Crippen LogP) is 2.27. The number of carbonyl (C=O) groups excluding carboxylic acids is 2. The number of ketones is 1. The number of anilines is 3. The number of Topliss-reactive ketones (excluding diaryl/α,β-unsaturated/α-hetero) is 1. The Kier molecular flexibility index (Phi) is 6.64. The number of likely N-dealkylation sites (tertiary alicyclic amines) is 1. The van der Waals surface area contributed by atoms with Gasteiger partial charge >= 0.3 is 0 Å². The standard InChI is InChI=1S/C18H20N6O3.CH4/c1-4-16(26)24-9-13(10-24)21-17-14(11(2)25)8-20-18(23-17)22-12-5-6-15(27-3)19-7-12;/h4-8,13H,1,9-10H2,2-3H3,(H2,20,21,22,23);1H4. The van der Waals surface area contributed by atoms with E-state index in [9.17, 15) is 9.59 Å². The van der Waals surface area contributed by atoms with E-state index in [2.05, 4.69) is 32.2 Å². The first-order valence-corrected chi connectivity index (χ1v) is 8.33. The summed E-state index contributed by atoms with van der Waals surface area (Å²) in [5.74, 6) is 0.995. The van der Waals surface area contributed by atoms with E-state index in [1.807, 2.05) is 0 Å². The van der Waals surface area contributed by atoms with Gasteiger partial charge in [0.25, 0.3) is 0 Å². The minimum atomic E-state index is -0.145. The second kappa shape index (κ2) is 8.94. The van der Waals surface area contributed by atoms with Crippen LogP contribution in [0.5, 0.6) is 5.88 Å². The molecule has 3 rings (SSSR count). The minimum Gasteiger partial charge on any atom is -0.481 e. The maximum atomic E-state index is 11.9. The number of ether oxygens (including phenoxy) is 1. The number of aromatic nitrogens is 3. The first kappa shape index (κ1) is 20.8. The highest BCUT2D eigenvalue weighted by Gasteiger charge is 2.30. The molecule has 1 aliphatic heterocycles. The van der Waals surface area contributed by atoms with E-state index < -0.39 is 0 Å². The van der Waals surface area contributed by atoms with Crippen LogP contribution in [-0.2, 0) is 4.79 Å². The molecule has 0 radical (unpaired) electrons. The van der Waals surface area contributed by atoms with Crippen molar-refractivity contribution in [1.29, 1.82) is 0 Å². The van der Waals surface area contributed by atoms with Crippen molar-refractivity contribution in [2.24, 2.45) is 0 Å². The van der Waals surface area contributed by atoms with E-state index in [0.717, 1.165) is 0 Å². The van der Waals surface area contributed by atoms with Gasteiger partial charge in [0.1, 0.15) is 5.82 Å². The highest BCUT2D eigenvalue weighted by atomic mass is 16.5. The zero-order valence-corrected chi connectivity index (χ0v) is 15.1. The van der Waals surface area contributed by atoms with Crippen LogP contribution >= 0.6 is 0 Å². The smallest absolute Gasteiger partial charge is 0.246 e. The largest absolute Gasteiger partial charge is 0.481 e. The average Bonchev–Trinajstić information content (AvgIpc) is 2.64. The van der Waals surface area contributed by atoms with Crippen molar-refractivity contribution in [2.45, 2.75) is 20.4 Å². The van der Waals surface area contributed by atoms with Crippen LogP contribution < -0.4 is 15.4 Å². The number of hydrogen-bond acceptors (Lipinski definition) is 8. The van der Waals surface area contributed by atoms with Crippen molar-refractivity contribution in [1.82, 2.24) is 19.9 Å². The minimum absolute atomic E-state index is 0. The van der Waals surface area contributed by atoms with Gasteiger partial charge in [0, 0.05) is 25.4 Å². The van der Waals surface area contributed by atoms with Crippen LogP contribution in [0.1, 0.15) is 24.7 Å². The molecule has 1 fully saturated rings. The quantitative estimate of drug-likeness (QED) is 0.553. The molecule has 3 heterocycles. The fourth-order valence-electron chi connectivity index (χ4n) is 2.59. The Balaban J connectivity index is 0.00000280. The van der Waals surface area contributed by atoms with Gasteiger partial charge in [0.05, 0.1) is 30.6 Å². The van der Waals surface area contributed by atoms with Crippen molar-refractivity contribution in [3.05, 3.63) is 42.7 Å². The first-order chi connectivity index (χ1) is 13.0. The number of nitrogens with zero attached hydrogens (tertiary/aromatic N) is 4. The molecule has 0 unspecified atom stereocenters. The Morgan fingerprint density at radius 3 is 2.61 bits per heavy atom. The zero-order valence-electron chi connectivity index (χ0n) is 15.1. The molecule has 0 saturated carbocycles. The van der Waals surface area contributed by atoms with Crippen LogP contribution in [0.2, 0.25) is 0 Å². The second-order valence-corrected chi connectivity index (χ2v) is 6.01. The predicted molar refractivity (Wildman–Crippen MR) is 107 cm³/mol. The van der Waals surface area contributed by atoms with E-state index in [1.54, 1.807) is 30.3 Å². The van der Waals surface area contributed by atoms with Gasteiger partial charge in [0.2, 0.25) is 17.7 Å². The number of amides is 1. The van der Waals surface area contributed by atoms with Gasteiger partial charge in [-0.15, -0.1) is 0 Å². The number of carbonyl (C=O) groups is 2.